The summed E-state index contributed by atoms with van der Waals surface area (Å²) in [7, 11) is 0. The van der Waals surface area contributed by atoms with Gasteiger partial charge in [-0.05, 0) is 68.1 Å². The summed E-state index contributed by atoms with van der Waals surface area (Å²) in [5.74, 6) is 1.25. The van der Waals surface area contributed by atoms with Gasteiger partial charge in [0.1, 0.15) is 5.69 Å². The van der Waals surface area contributed by atoms with Crippen LogP contribution in [0.15, 0.2) is 30.3 Å². The van der Waals surface area contributed by atoms with Gasteiger partial charge < -0.3 is 14.8 Å². The van der Waals surface area contributed by atoms with Crippen molar-refractivity contribution in [3.8, 4) is 11.5 Å². The van der Waals surface area contributed by atoms with Crippen molar-refractivity contribution in [2.45, 2.75) is 39.2 Å². The first-order chi connectivity index (χ1) is 14.9. The van der Waals surface area contributed by atoms with Crippen LogP contribution in [0.5, 0.6) is 11.5 Å². The Labute approximate surface area is 181 Å². The zero-order chi connectivity index (χ0) is 22.0. The molecule has 2 aliphatic heterocycles. The molecule has 0 unspecified atom stereocenters. The number of benzene rings is 2. The molecule has 8 nitrogen and oxygen atoms in total. The number of fused-ring (bicyclic) bond motifs is 1. The number of nitro groups is 1. The molecule has 31 heavy (non-hydrogen) atoms. The number of hydrogen-bond donors (Lipinski definition) is 1. The number of ether oxygens (including phenoxy) is 2. The minimum absolute atomic E-state index is 0.0858. The Morgan fingerprint density at radius 2 is 1.87 bits per heavy atom. The monoisotopic (exact) mass is 425 g/mol. The van der Waals surface area contributed by atoms with Crippen molar-refractivity contribution in [2.24, 2.45) is 0 Å². The third-order valence-electron chi connectivity index (χ3n) is 5.95. The van der Waals surface area contributed by atoms with Crippen LogP contribution < -0.4 is 14.8 Å². The summed E-state index contributed by atoms with van der Waals surface area (Å²) in [6, 6.07) is 9.24. The van der Waals surface area contributed by atoms with Crippen molar-refractivity contribution in [1.29, 1.82) is 0 Å². The fourth-order valence-corrected chi connectivity index (χ4v) is 4.21. The van der Waals surface area contributed by atoms with E-state index >= 15 is 0 Å². The predicted octanol–water partition coefficient (Wildman–Crippen LogP) is 4.15. The highest BCUT2D eigenvalue weighted by Gasteiger charge is 2.29. The molecule has 0 bridgehead atoms. The first-order valence-electron chi connectivity index (χ1n) is 10.6. The summed E-state index contributed by atoms with van der Waals surface area (Å²) in [5, 5.41) is 14.2. The zero-order valence-corrected chi connectivity index (χ0v) is 17.8. The van der Waals surface area contributed by atoms with E-state index in [1.807, 2.05) is 32.0 Å². The van der Waals surface area contributed by atoms with Crippen LogP contribution in [0.3, 0.4) is 0 Å². The van der Waals surface area contributed by atoms with Gasteiger partial charge in [-0.2, -0.15) is 0 Å². The molecule has 2 aliphatic rings. The Morgan fingerprint density at radius 1 is 1.13 bits per heavy atom. The molecule has 1 saturated heterocycles. The molecule has 2 heterocycles. The highest BCUT2D eigenvalue weighted by atomic mass is 16.6. The van der Waals surface area contributed by atoms with Gasteiger partial charge in [0.05, 0.1) is 24.7 Å². The van der Waals surface area contributed by atoms with Crippen molar-refractivity contribution in [3.63, 3.8) is 0 Å². The molecule has 2 aromatic rings. The SMILES string of the molecule is Cc1cc(NC(=O)CN2CCC[C@H]2c2ccc3c(c2)OCCCO3)c([N+](=O)[O-])cc1C. The molecule has 0 aromatic heterocycles. The summed E-state index contributed by atoms with van der Waals surface area (Å²) < 4.78 is 11.5. The molecule has 1 atom stereocenters. The van der Waals surface area contributed by atoms with Gasteiger partial charge in [-0.25, -0.2) is 0 Å². The second kappa shape index (κ2) is 8.93. The van der Waals surface area contributed by atoms with Gasteiger partial charge in [-0.1, -0.05) is 6.07 Å². The van der Waals surface area contributed by atoms with Crippen molar-refractivity contribution < 1.29 is 19.2 Å². The van der Waals surface area contributed by atoms with E-state index in [4.69, 9.17) is 9.47 Å². The van der Waals surface area contributed by atoms with Crippen LogP contribution in [-0.4, -0.2) is 42.0 Å². The molecular weight excluding hydrogens is 398 g/mol. The Hall–Kier alpha value is -3.13. The number of anilines is 1. The maximum Gasteiger partial charge on any atom is 0.293 e. The van der Waals surface area contributed by atoms with Crippen LogP contribution in [0.25, 0.3) is 0 Å². The van der Waals surface area contributed by atoms with E-state index in [1.165, 1.54) is 6.07 Å². The summed E-state index contributed by atoms with van der Waals surface area (Å²) >= 11 is 0. The molecule has 8 heteroatoms. The molecule has 4 rings (SSSR count). The lowest BCUT2D eigenvalue weighted by atomic mass is 10.0. The van der Waals surface area contributed by atoms with E-state index < -0.39 is 4.92 Å². The molecule has 0 saturated carbocycles. The minimum atomic E-state index is -0.460. The fourth-order valence-electron chi connectivity index (χ4n) is 4.21. The number of carbonyl (C=O) groups excluding carboxylic acids is 1. The van der Waals surface area contributed by atoms with Crippen molar-refractivity contribution in [3.05, 3.63) is 57.1 Å². The number of nitrogens with zero attached hydrogens (tertiary/aromatic N) is 2. The number of carbonyl (C=O) groups is 1. The van der Waals surface area contributed by atoms with Crippen LogP contribution >= 0.6 is 0 Å². The van der Waals surface area contributed by atoms with Gasteiger partial charge in [0.25, 0.3) is 5.69 Å². The normalized spacial score (nSPS) is 18.5. The Kier molecular flexibility index (Phi) is 6.08. The number of aryl methyl sites for hydroxylation is 2. The Balaban J connectivity index is 1.48. The molecule has 2 aromatic carbocycles. The van der Waals surface area contributed by atoms with E-state index in [0.29, 0.717) is 13.2 Å². The number of nitro benzene ring substituents is 1. The topological polar surface area (TPSA) is 93.9 Å². The summed E-state index contributed by atoms with van der Waals surface area (Å²) in [6.07, 6.45) is 2.78. The van der Waals surface area contributed by atoms with Crippen molar-refractivity contribution in [2.75, 3.05) is 31.6 Å². The molecule has 1 amide bonds. The van der Waals surface area contributed by atoms with Gasteiger partial charge in [0.2, 0.25) is 5.91 Å². The average molecular weight is 425 g/mol. The number of hydrogen-bond acceptors (Lipinski definition) is 6. The molecule has 0 aliphatic carbocycles. The Bertz CT molecular complexity index is 1010. The first kappa shape index (κ1) is 21.1. The maximum atomic E-state index is 12.8. The number of amides is 1. The summed E-state index contributed by atoms with van der Waals surface area (Å²) in [4.78, 5) is 25.8. The first-order valence-corrected chi connectivity index (χ1v) is 10.6. The third kappa shape index (κ3) is 4.64. The third-order valence-corrected chi connectivity index (χ3v) is 5.95. The molecule has 0 radical (unpaired) electrons. The second-order valence-corrected chi connectivity index (χ2v) is 8.14. The lowest BCUT2D eigenvalue weighted by Gasteiger charge is -2.25. The van der Waals surface area contributed by atoms with Crippen molar-refractivity contribution in [1.82, 2.24) is 4.90 Å². The van der Waals surface area contributed by atoms with E-state index in [0.717, 1.165) is 54.0 Å². The largest absolute Gasteiger partial charge is 0.490 e. The molecular formula is C23H27N3O5. The number of likely N-dealkylation sites (tertiary alicyclic amines) is 1. The molecule has 0 spiro atoms. The zero-order valence-electron chi connectivity index (χ0n) is 17.8. The highest BCUT2D eigenvalue weighted by molar-refractivity contribution is 5.94. The highest BCUT2D eigenvalue weighted by Crippen LogP contribution is 2.38. The average Bonchev–Trinajstić information content (AvgIpc) is 3.05. The fraction of sp³-hybridized carbons (Fsp3) is 0.435. The van der Waals surface area contributed by atoms with Crippen LogP contribution in [0.4, 0.5) is 11.4 Å². The quantitative estimate of drug-likeness (QED) is 0.571. The molecule has 164 valence electrons. The van der Waals surface area contributed by atoms with Crippen LogP contribution in [0.1, 0.15) is 42.0 Å². The van der Waals surface area contributed by atoms with Gasteiger partial charge in [0.15, 0.2) is 11.5 Å². The number of nitrogens with one attached hydrogen (secondary N) is 1. The minimum Gasteiger partial charge on any atom is -0.490 e. The van der Waals surface area contributed by atoms with Gasteiger partial charge >= 0.3 is 0 Å². The lowest BCUT2D eigenvalue weighted by Crippen LogP contribution is -2.33. The van der Waals surface area contributed by atoms with Crippen LogP contribution in [0, 0.1) is 24.0 Å². The van der Waals surface area contributed by atoms with E-state index in [2.05, 4.69) is 10.2 Å². The van der Waals surface area contributed by atoms with Gasteiger partial charge in [0, 0.05) is 18.5 Å². The maximum absolute atomic E-state index is 12.8. The summed E-state index contributed by atoms with van der Waals surface area (Å²) in [5.41, 5.74) is 2.96. The number of rotatable bonds is 5. The predicted molar refractivity (Wildman–Crippen MR) is 117 cm³/mol. The lowest BCUT2D eigenvalue weighted by molar-refractivity contribution is -0.384. The van der Waals surface area contributed by atoms with E-state index in [-0.39, 0.29) is 29.9 Å². The van der Waals surface area contributed by atoms with E-state index in [9.17, 15) is 14.9 Å². The smallest absolute Gasteiger partial charge is 0.293 e. The summed E-state index contributed by atoms with van der Waals surface area (Å²) in [6.45, 7) is 5.92. The van der Waals surface area contributed by atoms with Gasteiger partial charge in [-0.3, -0.25) is 19.8 Å². The van der Waals surface area contributed by atoms with Crippen LogP contribution in [-0.2, 0) is 4.79 Å². The van der Waals surface area contributed by atoms with Crippen LogP contribution in [0.2, 0.25) is 0 Å². The molecule has 1 fully saturated rings. The molecule has 1 N–H and O–H groups in total. The second-order valence-electron chi connectivity index (χ2n) is 8.14. The van der Waals surface area contributed by atoms with Gasteiger partial charge in [-0.15, -0.1) is 0 Å². The van der Waals surface area contributed by atoms with Crippen molar-refractivity contribution >= 4 is 17.3 Å². The Morgan fingerprint density at radius 3 is 2.65 bits per heavy atom. The van der Waals surface area contributed by atoms with E-state index in [1.54, 1.807) is 6.07 Å². The standard InChI is InChI=1S/C23H27N3O5/c1-15-11-18(20(26(28)29)12-16(15)2)24-23(27)14-25-8-3-5-19(25)17-6-7-21-22(13-17)31-10-4-9-30-21/h6-7,11-13,19H,3-5,8-10,14H2,1-2H3,(H,24,27)/t19-/m0/s1.